The van der Waals surface area contributed by atoms with Gasteiger partial charge in [-0.25, -0.2) is 0 Å². The molecule has 0 N–H and O–H groups in total. The Morgan fingerprint density at radius 3 is 2.58 bits per heavy atom. The Morgan fingerprint density at radius 1 is 1.05 bits per heavy atom. The number of piperidine rings is 2. The van der Waals surface area contributed by atoms with Crippen LogP contribution in [-0.2, 0) is 11.3 Å². The van der Waals surface area contributed by atoms with Gasteiger partial charge in [0.1, 0.15) is 12.6 Å². The third-order valence-corrected chi connectivity index (χ3v) is 4.73. The summed E-state index contributed by atoms with van der Waals surface area (Å²) in [5, 5.41) is 0. The van der Waals surface area contributed by atoms with Crippen molar-refractivity contribution < 1.29 is 26.3 Å². The maximum absolute atomic E-state index is 12.2. The fraction of sp³-hybridized carbons (Fsp3) is 0.562. The van der Waals surface area contributed by atoms with Crippen LogP contribution in [0.2, 0.25) is 0 Å². The van der Waals surface area contributed by atoms with Crippen LogP contribution < -0.4 is 17.0 Å². The summed E-state index contributed by atoms with van der Waals surface area (Å²) in [5.74, 6) is 0.525. The van der Waals surface area contributed by atoms with Crippen LogP contribution in [0.1, 0.15) is 37.7 Å². The van der Waals surface area contributed by atoms with Gasteiger partial charge in [-0.05, 0) is 12.8 Å². The van der Waals surface area contributed by atoms with E-state index in [1.165, 1.54) is 31.5 Å². The zero-order chi connectivity index (χ0) is 12.4. The summed E-state index contributed by atoms with van der Waals surface area (Å²) >= 11 is 0. The monoisotopic (exact) mass is 323 g/mol. The van der Waals surface area contributed by atoms with Crippen molar-refractivity contribution in [2.24, 2.45) is 0 Å². The number of nitrogens with zero attached hydrogens (tertiary/aromatic N) is 1. The summed E-state index contributed by atoms with van der Waals surface area (Å²) in [6.45, 7) is 3.45. The minimum absolute atomic E-state index is 0. The van der Waals surface area contributed by atoms with Crippen LogP contribution >= 0.6 is 0 Å². The molecular formula is C16H22BrNO. The number of carbonyl (C=O) groups excluding carboxylic acids is 1. The number of halogens is 1. The van der Waals surface area contributed by atoms with Gasteiger partial charge in [-0.3, -0.25) is 4.79 Å². The third-order valence-electron chi connectivity index (χ3n) is 4.73. The van der Waals surface area contributed by atoms with Gasteiger partial charge in [0.25, 0.3) is 0 Å². The van der Waals surface area contributed by atoms with Gasteiger partial charge in [0.05, 0.1) is 13.1 Å². The summed E-state index contributed by atoms with van der Waals surface area (Å²) in [4.78, 5) is 12.2. The minimum Gasteiger partial charge on any atom is -1.00 e. The Bertz CT molecular complexity index is 430. The number of rotatable bonds is 2. The fourth-order valence-corrected chi connectivity index (χ4v) is 3.88. The lowest BCUT2D eigenvalue weighted by Gasteiger charge is -2.49. The van der Waals surface area contributed by atoms with E-state index in [9.17, 15) is 4.79 Å². The van der Waals surface area contributed by atoms with Gasteiger partial charge in [-0.1, -0.05) is 30.3 Å². The summed E-state index contributed by atoms with van der Waals surface area (Å²) in [6.07, 6.45) is 5.55. The van der Waals surface area contributed by atoms with Crippen LogP contribution in [0.3, 0.4) is 0 Å². The number of hydrogen-bond donors (Lipinski definition) is 0. The van der Waals surface area contributed by atoms with Crippen molar-refractivity contribution in [3.63, 3.8) is 0 Å². The molecule has 0 aromatic heterocycles. The topological polar surface area (TPSA) is 17.1 Å². The largest absolute Gasteiger partial charge is 1.00 e. The van der Waals surface area contributed by atoms with Gasteiger partial charge in [0, 0.05) is 24.8 Å². The Balaban J connectivity index is 0.00000133. The van der Waals surface area contributed by atoms with Crippen LogP contribution in [0.25, 0.3) is 0 Å². The Hall–Kier alpha value is -0.670. The molecule has 2 nitrogen and oxygen atoms in total. The number of hydrogen-bond acceptors (Lipinski definition) is 1. The highest BCUT2D eigenvalue weighted by Crippen LogP contribution is 2.34. The van der Waals surface area contributed by atoms with E-state index in [1.807, 2.05) is 0 Å². The predicted molar refractivity (Wildman–Crippen MR) is 72.0 cm³/mol. The van der Waals surface area contributed by atoms with E-state index in [0.29, 0.717) is 11.8 Å². The molecular weight excluding hydrogens is 302 g/mol. The second-order valence-corrected chi connectivity index (χ2v) is 5.89. The van der Waals surface area contributed by atoms with E-state index >= 15 is 0 Å². The zero-order valence-electron chi connectivity index (χ0n) is 11.4. The molecule has 2 atom stereocenters. The first-order valence-electron chi connectivity index (χ1n) is 7.23. The summed E-state index contributed by atoms with van der Waals surface area (Å²) in [6, 6.07) is 11.0. The molecule has 3 heteroatoms. The molecule has 2 unspecified atom stereocenters. The van der Waals surface area contributed by atoms with Crippen LogP contribution in [-0.4, -0.2) is 29.4 Å². The van der Waals surface area contributed by atoms with Gasteiger partial charge >= 0.3 is 0 Å². The first-order valence-corrected chi connectivity index (χ1v) is 7.23. The molecule has 0 saturated carbocycles. The van der Waals surface area contributed by atoms with Crippen molar-refractivity contribution in [2.45, 2.75) is 44.7 Å². The molecule has 2 aliphatic rings. The first-order chi connectivity index (χ1) is 8.80. The van der Waals surface area contributed by atoms with E-state index < -0.39 is 0 Å². The minimum atomic E-state index is 0. The normalized spacial score (nSPS) is 30.3. The summed E-state index contributed by atoms with van der Waals surface area (Å²) in [7, 11) is 0. The molecule has 2 saturated heterocycles. The molecule has 0 spiro atoms. The average Bonchev–Trinajstić information content (AvgIpc) is 2.40. The number of fused-ring (bicyclic) bond motifs is 1. The molecule has 0 bridgehead atoms. The fourth-order valence-electron chi connectivity index (χ4n) is 3.88. The quantitative estimate of drug-likeness (QED) is 0.696. The average molecular weight is 324 g/mol. The maximum Gasteiger partial charge on any atom is 0.190 e. The van der Waals surface area contributed by atoms with E-state index in [0.717, 1.165) is 30.3 Å². The Kier molecular flexibility index (Phi) is 4.80. The molecule has 1 aromatic rings. The molecule has 0 aliphatic carbocycles. The van der Waals surface area contributed by atoms with Gasteiger partial charge in [0.2, 0.25) is 0 Å². The number of benzene rings is 1. The molecule has 19 heavy (non-hydrogen) atoms. The molecule has 0 amide bonds. The molecule has 0 radical (unpaired) electrons. The number of ketones is 1. The SMILES string of the molecule is O=C1CCC[N+]2(Cc3ccccc3)CCCCC12.[Br-]. The van der Waals surface area contributed by atoms with Crippen LogP contribution in [0.5, 0.6) is 0 Å². The predicted octanol–water partition coefficient (Wildman–Crippen LogP) is -0.0772. The van der Waals surface area contributed by atoms with E-state index in [1.54, 1.807) is 0 Å². The summed E-state index contributed by atoms with van der Waals surface area (Å²) < 4.78 is 1.04. The maximum atomic E-state index is 12.2. The van der Waals surface area contributed by atoms with Crippen molar-refractivity contribution in [3.8, 4) is 0 Å². The molecule has 104 valence electrons. The standard InChI is InChI=1S/C16H22NO.BrH/c18-16-10-6-12-17(11-5-4-9-15(16)17)13-14-7-2-1-3-8-14;/h1-3,7-8,15H,4-6,9-13H2;1H/q+1;/p-1. The second-order valence-electron chi connectivity index (χ2n) is 5.89. The Labute approximate surface area is 126 Å². The van der Waals surface area contributed by atoms with Crippen LogP contribution in [0.4, 0.5) is 0 Å². The number of carbonyl (C=O) groups is 1. The van der Waals surface area contributed by atoms with Crippen molar-refractivity contribution in [2.75, 3.05) is 13.1 Å². The smallest absolute Gasteiger partial charge is 0.190 e. The number of Topliss-reactive ketones (excluding diaryl/α,β-unsaturated/α-hetero) is 1. The van der Waals surface area contributed by atoms with Crippen molar-refractivity contribution in [1.29, 1.82) is 0 Å². The summed E-state index contributed by atoms with van der Waals surface area (Å²) in [5.41, 5.74) is 1.39. The highest BCUT2D eigenvalue weighted by Gasteiger charge is 2.45. The highest BCUT2D eigenvalue weighted by molar-refractivity contribution is 5.83. The van der Waals surface area contributed by atoms with Gasteiger partial charge in [0.15, 0.2) is 5.78 Å². The molecule has 3 rings (SSSR count). The van der Waals surface area contributed by atoms with Crippen molar-refractivity contribution in [3.05, 3.63) is 35.9 Å². The third kappa shape index (κ3) is 2.92. The lowest BCUT2D eigenvalue weighted by molar-refractivity contribution is -0.962. The van der Waals surface area contributed by atoms with Crippen molar-refractivity contribution >= 4 is 5.78 Å². The first kappa shape index (κ1) is 14.7. The van der Waals surface area contributed by atoms with E-state index in [4.69, 9.17) is 0 Å². The van der Waals surface area contributed by atoms with Gasteiger partial charge < -0.3 is 21.5 Å². The lowest BCUT2D eigenvalue weighted by Crippen LogP contribution is -3.00. The van der Waals surface area contributed by atoms with Crippen LogP contribution in [0, 0.1) is 0 Å². The lowest BCUT2D eigenvalue weighted by atomic mass is 9.87. The highest BCUT2D eigenvalue weighted by atomic mass is 79.9. The van der Waals surface area contributed by atoms with Crippen LogP contribution in [0.15, 0.2) is 30.3 Å². The molecule has 2 heterocycles. The van der Waals surface area contributed by atoms with E-state index in [-0.39, 0.29) is 17.0 Å². The van der Waals surface area contributed by atoms with Crippen molar-refractivity contribution in [1.82, 2.24) is 0 Å². The molecule has 1 aromatic carbocycles. The van der Waals surface area contributed by atoms with E-state index in [2.05, 4.69) is 30.3 Å². The van der Waals surface area contributed by atoms with Gasteiger partial charge in [-0.15, -0.1) is 0 Å². The zero-order valence-corrected chi connectivity index (χ0v) is 12.9. The molecule has 2 aliphatic heterocycles. The Morgan fingerprint density at radius 2 is 1.79 bits per heavy atom. The second kappa shape index (κ2) is 6.19. The molecule has 2 fully saturated rings. The van der Waals surface area contributed by atoms with Gasteiger partial charge in [-0.2, -0.15) is 0 Å². The number of quaternary nitrogens is 1.